The Morgan fingerprint density at radius 1 is 1.04 bits per heavy atom. The van der Waals surface area contributed by atoms with Gasteiger partial charge in [-0.1, -0.05) is 0 Å². The van der Waals surface area contributed by atoms with Gasteiger partial charge in [-0.25, -0.2) is 13.2 Å². The Kier molecular flexibility index (Phi) is 4.99. The number of nitriles is 1. The molecule has 0 spiro atoms. The summed E-state index contributed by atoms with van der Waals surface area (Å²) in [5.74, 6) is -1.92. The highest BCUT2D eigenvalue weighted by Gasteiger charge is 2.16. The van der Waals surface area contributed by atoms with Crippen LogP contribution in [0.15, 0.2) is 47.3 Å². The lowest BCUT2D eigenvalue weighted by molar-refractivity contribution is 0.299. The largest absolute Gasteiger partial charge is 0.488 e. The number of nitrogens with zero attached hydrogens (tertiary/aromatic N) is 1. The van der Waals surface area contributed by atoms with Crippen molar-refractivity contribution in [1.82, 2.24) is 4.98 Å². The first-order valence-electron chi connectivity index (χ1n) is 7.89. The molecule has 7 heteroatoms. The van der Waals surface area contributed by atoms with Gasteiger partial charge in [-0.05, 0) is 43.3 Å². The monoisotopic (exact) mass is 370 g/mol. The topological polar surface area (TPSA) is 65.9 Å². The van der Waals surface area contributed by atoms with Crippen LogP contribution < -0.4 is 10.3 Å². The minimum absolute atomic E-state index is 0.000149. The molecule has 0 aliphatic rings. The molecule has 1 aromatic heterocycles. The second kappa shape index (κ2) is 7.38. The fourth-order valence-electron chi connectivity index (χ4n) is 2.66. The van der Waals surface area contributed by atoms with Crippen molar-refractivity contribution in [2.24, 2.45) is 0 Å². The predicted octanol–water partition coefficient (Wildman–Crippen LogP) is 4.22. The van der Waals surface area contributed by atoms with E-state index in [1.54, 1.807) is 13.0 Å². The molecule has 0 saturated carbocycles. The Balaban J connectivity index is 2.06. The highest BCUT2D eigenvalue weighted by Crippen LogP contribution is 2.33. The van der Waals surface area contributed by atoms with Gasteiger partial charge < -0.3 is 9.72 Å². The van der Waals surface area contributed by atoms with Crippen LogP contribution in [0.25, 0.3) is 11.1 Å². The minimum Gasteiger partial charge on any atom is -0.488 e. The van der Waals surface area contributed by atoms with Gasteiger partial charge in [-0.3, -0.25) is 4.79 Å². The summed E-state index contributed by atoms with van der Waals surface area (Å²) in [4.78, 5) is 14.5. The predicted molar refractivity (Wildman–Crippen MR) is 92.6 cm³/mol. The number of H-pyrrole nitrogens is 1. The summed E-state index contributed by atoms with van der Waals surface area (Å²) in [5.41, 5.74) is 0.258. The van der Waals surface area contributed by atoms with Crippen molar-refractivity contribution >= 4 is 0 Å². The van der Waals surface area contributed by atoms with Crippen molar-refractivity contribution < 1.29 is 17.9 Å². The van der Waals surface area contributed by atoms with E-state index in [4.69, 9.17) is 4.74 Å². The lowest BCUT2D eigenvalue weighted by atomic mass is 10.00. The molecule has 0 radical (unpaired) electrons. The molecule has 2 aromatic carbocycles. The van der Waals surface area contributed by atoms with Gasteiger partial charge in [0.05, 0.1) is 0 Å². The number of rotatable bonds is 4. The molecule has 0 aliphatic carbocycles. The maximum Gasteiger partial charge on any atom is 0.266 e. The molecular formula is C20H13F3N2O2. The fraction of sp³-hybridized carbons (Fsp3) is 0.100. The maximum atomic E-state index is 13.8. The molecule has 3 aromatic rings. The van der Waals surface area contributed by atoms with Crippen molar-refractivity contribution in [1.29, 1.82) is 5.26 Å². The lowest BCUT2D eigenvalue weighted by Crippen LogP contribution is -2.13. The van der Waals surface area contributed by atoms with Gasteiger partial charge in [0.1, 0.15) is 41.4 Å². The molecular weight excluding hydrogens is 357 g/mol. The molecule has 4 nitrogen and oxygen atoms in total. The molecule has 0 bridgehead atoms. The Bertz CT molecular complexity index is 1120. The number of aryl methyl sites for hydroxylation is 1. The summed E-state index contributed by atoms with van der Waals surface area (Å²) >= 11 is 0. The number of ether oxygens (including phenoxy) is 1. The van der Waals surface area contributed by atoms with E-state index in [1.807, 2.05) is 6.07 Å². The van der Waals surface area contributed by atoms with Crippen LogP contribution >= 0.6 is 0 Å². The Hall–Kier alpha value is -3.53. The number of nitrogens with one attached hydrogen (secondary N) is 1. The summed E-state index contributed by atoms with van der Waals surface area (Å²) < 4.78 is 46.3. The Labute approximate surface area is 152 Å². The second-order valence-electron chi connectivity index (χ2n) is 5.85. The summed E-state index contributed by atoms with van der Waals surface area (Å²) in [5, 5.41) is 9.30. The Morgan fingerprint density at radius 3 is 2.48 bits per heavy atom. The first-order chi connectivity index (χ1) is 12.9. The van der Waals surface area contributed by atoms with Gasteiger partial charge in [-0.2, -0.15) is 5.26 Å². The standard InChI is InChI=1S/C20H13F3N2O2/c1-11-6-16(17(9-24)20(26)25-11)15-4-2-14(22)8-19(15)27-10-12-7-13(21)3-5-18(12)23/h2-8H,10H2,1H3,(H,25,26). The van der Waals surface area contributed by atoms with Crippen molar-refractivity contribution in [3.63, 3.8) is 0 Å². The summed E-state index contributed by atoms with van der Waals surface area (Å²) in [6, 6.07) is 9.88. The van der Waals surface area contributed by atoms with E-state index >= 15 is 0 Å². The van der Waals surface area contributed by atoms with Crippen LogP contribution in [-0.4, -0.2) is 4.98 Å². The molecule has 3 rings (SSSR count). The SMILES string of the molecule is Cc1cc(-c2ccc(F)cc2OCc2cc(F)ccc2F)c(C#N)c(=O)[nH]1. The van der Waals surface area contributed by atoms with Gasteiger partial charge in [-0.15, -0.1) is 0 Å². The van der Waals surface area contributed by atoms with E-state index in [0.717, 1.165) is 30.3 Å². The number of hydrogen-bond acceptors (Lipinski definition) is 3. The maximum absolute atomic E-state index is 13.8. The third-order valence-electron chi connectivity index (χ3n) is 3.90. The number of halogens is 3. The van der Waals surface area contributed by atoms with E-state index in [1.165, 1.54) is 6.07 Å². The smallest absolute Gasteiger partial charge is 0.266 e. The number of pyridine rings is 1. The lowest BCUT2D eigenvalue weighted by Gasteiger charge is -2.14. The van der Waals surface area contributed by atoms with Crippen LogP contribution in [0.1, 0.15) is 16.8 Å². The fourth-order valence-corrected chi connectivity index (χ4v) is 2.66. The van der Waals surface area contributed by atoms with Gasteiger partial charge in [0.15, 0.2) is 0 Å². The van der Waals surface area contributed by atoms with E-state index < -0.39 is 23.0 Å². The van der Waals surface area contributed by atoms with Gasteiger partial charge >= 0.3 is 0 Å². The van der Waals surface area contributed by atoms with Crippen molar-refractivity contribution in [2.45, 2.75) is 13.5 Å². The number of aromatic amines is 1. The zero-order chi connectivity index (χ0) is 19.6. The van der Waals surface area contributed by atoms with E-state index in [-0.39, 0.29) is 29.0 Å². The zero-order valence-electron chi connectivity index (χ0n) is 14.1. The summed E-state index contributed by atoms with van der Waals surface area (Å²) in [6.07, 6.45) is 0. The molecule has 0 saturated heterocycles. The minimum atomic E-state index is -0.668. The van der Waals surface area contributed by atoms with Crippen LogP contribution in [0.5, 0.6) is 5.75 Å². The van der Waals surface area contributed by atoms with E-state index in [9.17, 15) is 23.2 Å². The van der Waals surface area contributed by atoms with Crippen molar-refractivity contribution in [2.75, 3.05) is 0 Å². The highest BCUT2D eigenvalue weighted by atomic mass is 19.1. The van der Waals surface area contributed by atoms with E-state index in [0.29, 0.717) is 11.3 Å². The van der Waals surface area contributed by atoms with Crippen LogP contribution in [-0.2, 0) is 6.61 Å². The quantitative estimate of drug-likeness (QED) is 0.748. The van der Waals surface area contributed by atoms with Gasteiger partial charge in [0, 0.05) is 28.5 Å². The second-order valence-corrected chi connectivity index (χ2v) is 5.85. The molecule has 1 heterocycles. The molecule has 0 aliphatic heterocycles. The van der Waals surface area contributed by atoms with Crippen LogP contribution in [0.3, 0.4) is 0 Å². The van der Waals surface area contributed by atoms with Crippen LogP contribution in [0.4, 0.5) is 13.2 Å². The first kappa shape index (κ1) is 18.3. The van der Waals surface area contributed by atoms with Crippen LogP contribution in [0, 0.1) is 35.7 Å². The van der Waals surface area contributed by atoms with E-state index in [2.05, 4.69) is 4.98 Å². The number of hydrogen-bond donors (Lipinski definition) is 1. The number of aromatic nitrogens is 1. The highest BCUT2D eigenvalue weighted by molar-refractivity contribution is 5.75. The summed E-state index contributed by atoms with van der Waals surface area (Å²) in [7, 11) is 0. The molecule has 136 valence electrons. The number of benzene rings is 2. The molecule has 27 heavy (non-hydrogen) atoms. The third-order valence-corrected chi connectivity index (χ3v) is 3.90. The average Bonchev–Trinajstić information content (AvgIpc) is 2.62. The molecule has 0 atom stereocenters. The van der Waals surface area contributed by atoms with Crippen molar-refractivity contribution in [3.05, 3.63) is 87.1 Å². The molecule has 1 N–H and O–H groups in total. The van der Waals surface area contributed by atoms with Gasteiger partial charge in [0.2, 0.25) is 0 Å². The molecule has 0 amide bonds. The third kappa shape index (κ3) is 3.85. The molecule has 0 unspecified atom stereocenters. The normalized spacial score (nSPS) is 10.5. The van der Waals surface area contributed by atoms with Crippen molar-refractivity contribution in [3.8, 4) is 22.9 Å². The summed E-state index contributed by atoms with van der Waals surface area (Å²) in [6.45, 7) is 1.28. The molecule has 0 fully saturated rings. The average molecular weight is 370 g/mol. The zero-order valence-corrected chi connectivity index (χ0v) is 14.1. The van der Waals surface area contributed by atoms with Crippen LogP contribution in [0.2, 0.25) is 0 Å². The van der Waals surface area contributed by atoms with Gasteiger partial charge in [0.25, 0.3) is 5.56 Å². The first-order valence-corrected chi connectivity index (χ1v) is 7.89. The Morgan fingerprint density at radius 2 is 1.74 bits per heavy atom.